The molecule has 0 radical (unpaired) electrons. The van der Waals surface area contributed by atoms with E-state index in [-0.39, 0.29) is 7.92 Å². The lowest BCUT2D eigenvalue weighted by molar-refractivity contribution is 1.04. The topological polar surface area (TPSA) is 0 Å². The Labute approximate surface area is 110 Å². The average molecular weight is 252 g/mol. The fraction of sp³-hybridized carbons (Fsp3) is 0.176. The quantitative estimate of drug-likeness (QED) is 0.671. The Morgan fingerprint density at radius 2 is 1.33 bits per heavy atom. The van der Waals surface area contributed by atoms with Gasteiger partial charge in [0, 0.05) is 5.66 Å². The molecule has 1 heterocycles. The van der Waals surface area contributed by atoms with Crippen LogP contribution in [0.1, 0.15) is 25.1 Å². The summed E-state index contributed by atoms with van der Waals surface area (Å²) >= 11 is 0. The number of hydrogen-bond donors (Lipinski definition) is 0. The molecule has 0 bridgehead atoms. The Morgan fingerprint density at radius 1 is 0.778 bits per heavy atom. The highest BCUT2D eigenvalue weighted by Crippen LogP contribution is 2.69. The van der Waals surface area contributed by atoms with Gasteiger partial charge in [-0.15, -0.1) is 0 Å². The second-order valence-electron chi connectivity index (χ2n) is 4.79. The van der Waals surface area contributed by atoms with E-state index in [0.29, 0.717) is 5.66 Å². The summed E-state index contributed by atoms with van der Waals surface area (Å²) in [5.74, 6) is 0. The van der Waals surface area contributed by atoms with Crippen molar-refractivity contribution in [3.05, 3.63) is 77.1 Å². The molecule has 2 atom stereocenters. The largest absolute Gasteiger partial charge is 0.0622 e. The molecular weight excluding hydrogens is 235 g/mol. The van der Waals surface area contributed by atoms with Crippen molar-refractivity contribution in [1.82, 2.24) is 0 Å². The molecule has 0 saturated heterocycles. The van der Waals surface area contributed by atoms with Gasteiger partial charge < -0.3 is 0 Å². The minimum atomic E-state index is -0.154. The van der Waals surface area contributed by atoms with Crippen molar-refractivity contribution in [3.63, 3.8) is 0 Å². The van der Waals surface area contributed by atoms with Crippen LogP contribution in [0.5, 0.6) is 0 Å². The Kier molecular flexibility index (Phi) is 3.06. The van der Waals surface area contributed by atoms with Gasteiger partial charge in [0.2, 0.25) is 0 Å². The Morgan fingerprint density at radius 3 is 1.94 bits per heavy atom. The smallest absolute Gasteiger partial charge is 0.0331 e. The van der Waals surface area contributed by atoms with Crippen LogP contribution in [0.4, 0.5) is 0 Å². The Balaban J connectivity index is 2.01. The lowest BCUT2D eigenvalue weighted by Crippen LogP contribution is -2.18. The third-order valence-corrected chi connectivity index (χ3v) is 6.88. The maximum Gasteiger partial charge on any atom is 0.0331 e. The van der Waals surface area contributed by atoms with Crippen molar-refractivity contribution in [2.24, 2.45) is 0 Å². The van der Waals surface area contributed by atoms with Crippen LogP contribution >= 0.6 is 7.92 Å². The summed E-state index contributed by atoms with van der Waals surface area (Å²) in [6.45, 7) is 4.59. The average Bonchev–Trinajstić information content (AvgIpc) is 2.45. The van der Waals surface area contributed by atoms with Gasteiger partial charge in [0.05, 0.1) is 0 Å². The summed E-state index contributed by atoms with van der Waals surface area (Å²) in [7, 11) is -0.154. The summed E-state index contributed by atoms with van der Waals surface area (Å²) in [5, 5.41) is 3.11. The molecule has 0 N–H and O–H groups in total. The van der Waals surface area contributed by atoms with Gasteiger partial charge in [0.1, 0.15) is 0 Å². The van der Waals surface area contributed by atoms with E-state index in [0.717, 1.165) is 0 Å². The highest BCUT2D eigenvalue weighted by molar-refractivity contribution is 7.71. The SMILES string of the molecule is CC1=C(C)P(c2ccccc2)[C@@H]1c1ccccc1. The lowest BCUT2D eigenvalue weighted by Gasteiger charge is -2.40. The number of rotatable bonds is 2. The van der Waals surface area contributed by atoms with Gasteiger partial charge in [-0.3, -0.25) is 0 Å². The van der Waals surface area contributed by atoms with Crippen molar-refractivity contribution < 1.29 is 0 Å². The zero-order valence-electron chi connectivity index (χ0n) is 10.8. The molecule has 2 aromatic carbocycles. The predicted molar refractivity (Wildman–Crippen MR) is 80.6 cm³/mol. The molecule has 3 rings (SSSR count). The zero-order valence-corrected chi connectivity index (χ0v) is 11.7. The molecule has 1 aliphatic heterocycles. The van der Waals surface area contributed by atoms with Crippen molar-refractivity contribution >= 4 is 13.2 Å². The first-order valence-corrected chi connectivity index (χ1v) is 7.76. The van der Waals surface area contributed by atoms with Crippen LogP contribution in [0.15, 0.2) is 71.6 Å². The van der Waals surface area contributed by atoms with E-state index in [1.807, 2.05) is 0 Å². The van der Waals surface area contributed by atoms with Crippen LogP contribution < -0.4 is 5.30 Å². The zero-order chi connectivity index (χ0) is 12.5. The third kappa shape index (κ3) is 1.82. The molecule has 90 valence electrons. The Bertz CT molecular complexity index is 516. The summed E-state index contributed by atoms with van der Waals surface area (Å²) < 4.78 is 0. The Hall–Kier alpha value is -1.39. The van der Waals surface area contributed by atoms with Gasteiger partial charge in [-0.1, -0.05) is 66.2 Å². The number of allylic oxidation sites excluding steroid dienone is 2. The van der Waals surface area contributed by atoms with Gasteiger partial charge in [-0.05, 0) is 38.0 Å². The normalized spacial score (nSPS) is 22.8. The molecule has 0 saturated carbocycles. The molecule has 1 aliphatic rings. The van der Waals surface area contributed by atoms with Crippen molar-refractivity contribution in [1.29, 1.82) is 0 Å². The van der Waals surface area contributed by atoms with Crippen molar-refractivity contribution in [2.45, 2.75) is 19.5 Å². The summed E-state index contributed by atoms with van der Waals surface area (Å²) in [6.07, 6.45) is 0. The van der Waals surface area contributed by atoms with Crippen molar-refractivity contribution in [3.8, 4) is 0 Å². The highest BCUT2D eigenvalue weighted by atomic mass is 31.1. The van der Waals surface area contributed by atoms with Gasteiger partial charge in [-0.25, -0.2) is 0 Å². The highest BCUT2D eigenvalue weighted by Gasteiger charge is 2.36. The van der Waals surface area contributed by atoms with Crippen LogP contribution in [0.25, 0.3) is 0 Å². The molecule has 0 aromatic heterocycles. The van der Waals surface area contributed by atoms with Crippen LogP contribution in [-0.2, 0) is 0 Å². The van der Waals surface area contributed by atoms with Gasteiger partial charge in [0.15, 0.2) is 0 Å². The first kappa shape index (κ1) is 11.7. The fourth-order valence-corrected chi connectivity index (χ4v) is 5.60. The minimum absolute atomic E-state index is 0.154. The first-order valence-electron chi connectivity index (χ1n) is 6.35. The maximum absolute atomic E-state index is 2.30. The van der Waals surface area contributed by atoms with Crippen LogP contribution in [0.3, 0.4) is 0 Å². The van der Waals surface area contributed by atoms with E-state index in [1.165, 1.54) is 10.9 Å². The van der Waals surface area contributed by atoms with E-state index in [4.69, 9.17) is 0 Å². The monoisotopic (exact) mass is 252 g/mol. The van der Waals surface area contributed by atoms with E-state index < -0.39 is 0 Å². The molecule has 0 amide bonds. The summed E-state index contributed by atoms with van der Waals surface area (Å²) in [6, 6.07) is 21.9. The van der Waals surface area contributed by atoms with Crippen LogP contribution in [0.2, 0.25) is 0 Å². The fourth-order valence-electron chi connectivity index (χ4n) is 2.67. The molecule has 0 nitrogen and oxygen atoms in total. The maximum atomic E-state index is 2.30. The molecule has 0 spiro atoms. The van der Waals surface area contributed by atoms with Gasteiger partial charge in [-0.2, -0.15) is 0 Å². The third-order valence-electron chi connectivity index (χ3n) is 3.75. The van der Waals surface area contributed by atoms with Gasteiger partial charge in [0.25, 0.3) is 0 Å². The number of benzene rings is 2. The van der Waals surface area contributed by atoms with E-state index in [2.05, 4.69) is 74.5 Å². The minimum Gasteiger partial charge on any atom is -0.0622 e. The summed E-state index contributed by atoms with van der Waals surface area (Å²) in [4.78, 5) is 0. The van der Waals surface area contributed by atoms with E-state index >= 15 is 0 Å². The molecule has 1 heteroatoms. The molecule has 0 aliphatic carbocycles. The van der Waals surface area contributed by atoms with Gasteiger partial charge >= 0.3 is 0 Å². The van der Waals surface area contributed by atoms with Crippen LogP contribution in [-0.4, -0.2) is 0 Å². The molecular formula is C17H17P. The molecule has 18 heavy (non-hydrogen) atoms. The van der Waals surface area contributed by atoms with Crippen molar-refractivity contribution in [2.75, 3.05) is 0 Å². The summed E-state index contributed by atoms with van der Waals surface area (Å²) in [5.41, 5.74) is 3.66. The lowest BCUT2D eigenvalue weighted by atomic mass is 10.0. The van der Waals surface area contributed by atoms with E-state index in [1.54, 1.807) is 10.9 Å². The predicted octanol–water partition coefficient (Wildman–Crippen LogP) is 4.84. The molecule has 0 fully saturated rings. The second kappa shape index (κ2) is 4.71. The first-order chi connectivity index (χ1) is 8.79. The number of hydrogen-bond acceptors (Lipinski definition) is 0. The second-order valence-corrected chi connectivity index (χ2v) is 7.23. The van der Waals surface area contributed by atoms with E-state index in [9.17, 15) is 0 Å². The molecule has 2 aromatic rings. The molecule has 1 unspecified atom stereocenters. The van der Waals surface area contributed by atoms with Crippen LogP contribution in [0, 0.1) is 0 Å². The standard InChI is InChI=1S/C17H17P/c1-13-14(2)18(16-11-7-4-8-12-16)17(13)15-9-5-3-6-10-15/h3-12,17H,1-2H3/t17-,18?/m0/s1.